The van der Waals surface area contributed by atoms with Crippen LogP contribution in [0.1, 0.15) is 23.5 Å². The van der Waals surface area contributed by atoms with E-state index in [9.17, 15) is 20.0 Å². The van der Waals surface area contributed by atoms with Gasteiger partial charge in [-0.25, -0.2) is 4.79 Å². The molecule has 1 aliphatic heterocycles. The zero-order chi connectivity index (χ0) is 14.4. The van der Waals surface area contributed by atoms with E-state index in [4.69, 9.17) is 0 Å². The number of hydrogen-bond acceptors (Lipinski definition) is 4. The number of rotatable bonds is 2. The molecule has 0 fully saturated rings. The van der Waals surface area contributed by atoms with Gasteiger partial charge in [0.15, 0.2) is 0 Å². The average Bonchev–Trinajstić information content (AvgIpc) is 2.86. The molecule has 1 aliphatic carbocycles. The van der Waals surface area contributed by atoms with Crippen molar-refractivity contribution in [1.29, 1.82) is 0 Å². The van der Waals surface area contributed by atoms with Gasteiger partial charge in [-0.05, 0) is 25.0 Å². The van der Waals surface area contributed by atoms with E-state index in [1.54, 1.807) is 13.0 Å². The van der Waals surface area contributed by atoms with Crippen LogP contribution in [0.15, 0.2) is 24.3 Å². The lowest BCUT2D eigenvalue weighted by molar-refractivity contribution is -0.385. The second kappa shape index (κ2) is 4.33. The lowest BCUT2D eigenvalue weighted by Gasteiger charge is -2.35. The third kappa shape index (κ3) is 1.68. The molecule has 0 aromatic heterocycles. The second-order valence-corrected chi connectivity index (χ2v) is 5.24. The van der Waals surface area contributed by atoms with Gasteiger partial charge in [-0.3, -0.25) is 10.1 Å². The highest BCUT2D eigenvalue weighted by Crippen LogP contribution is 2.47. The van der Waals surface area contributed by atoms with Crippen molar-refractivity contribution in [2.75, 3.05) is 5.32 Å². The molecule has 1 aromatic rings. The van der Waals surface area contributed by atoms with Crippen molar-refractivity contribution in [2.24, 2.45) is 5.92 Å². The molecule has 104 valence electrons. The van der Waals surface area contributed by atoms with Crippen molar-refractivity contribution in [3.63, 3.8) is 0 Å². The first-order chi connectivity index (χ1) is 9.50. The molecule has 0 amide bonds. The summed E-state index contributed by atoms with van der Waals surface area (Å²) in [7, 11) is 0. The SMILES string of the molecule is Cc1c([N+](=O)[O-])ccc2c1N[C@H](C(=O)O)[C@@H]1CC=C[C@H]21. The van der Waals surface area contributed by atoms with Crippen LogP contribution in [-0.4, -0.2) is 22.0 Å². The Morgan fingerprint density at radius 2 is 2.25 bits per heavy atom. The van der Waals surface area contributed by atoms with E-state index in [0.29, 0.717) is 17.7 Å². The minimum Gasteiger partial charge on any atom is -0.480 e. The molecule has 3 atom stereocenters. The van der Waals surface area contributed by atoms with Gasteiger partial charge in [0.25, 0.3) is 5.69 Å². The summed E-state index contributed by atoms with van der Waals surface area (Å²) in [6, 6.07) is 2.53. The highest BCUT2D eigenvalue weighted by molar-refractivity contribution is 5.82. The van der Waals surface area contributed by atoms with Crippen molar-refractivity contribution < 1.29 is 14.8 Å². The smallest absolute Gasteiger partial charge is 0.326 e. The number of nitro groups is 1. The summed E-state index contributed by atoms with van der Waals surface area (Å²) < 4.78 is 0. The Bertz CT molecular complexity index is 638. The molecule has 0 saturated carbocycles. The van der Waals surface area contributed by atoms with Crippen LogP contribution in [0.5, 0.6) is 0 Å². The fourth-order valence-electron chi connectivity index (χ4n) is 3.25. The summed E-state index contributed by atoms with van der Waals surface area (Å²) in [6.07, 6.45) is 4.70. The average molecular weight is 274 g/mol. The third-order valence-corrected chi connectivity index (χ3v) is 4.23. The van der Waals surface area contributed by atoms with Crippen molar-refractivity contribution >= 4 is 17.3 Å². The molecule has 1 heterocycles. The number of nitro benzene ring substituents is 1. The van der Waals surface area contributed by atoms with Gasteiger partial charge in [-0.1, -0.05) is 12.2 Å². The Labute approximate surface area is 115 Å². The number of benzene rings is 1. The zero-order valence-corrected chi connectivity index (χ0v) is 10.9. The minimum atomic E-state index is -0.916. The summed E-state index contributed by atoms with van der Waals surface area (Å²) in [6.45, 7) is 1.65. The fraction of sp³-hybridized carbons (Fsp3) is 0.357. The van der Waals surface area contributed by atoms with Gasteiger partial charge in [-0.15, -0.1) is 0 Å². The number of carboxylic acid groups (broad SMARTS) is 1. The van der Waals surface area contributed by atoms with Crippen LogP contribution in [0, 0.1) is 23.0 Å². The Balaban J connectivity index is 2.15. The van der Waals surface area contributed by atoms with Crippen molar-refractivity contribution in [3.8, 4) is 0 Å². The van der Waals surface area contributed by atoms with Gasteiger partial charge >= 0.3 is 5.97 Å². The van der Waals surface area contributed by atoms with E-state index < -0.39 is 16.9 Å². The molecular weight excluding hydrogens is 260 g/mol. The quantitative estimate of drug-likeness (QED) is 0.491. The standard InChI is InChI=1S/C14H14N2O4/c1-7-11(16(19)20)6-5-10-8-3-2-4-9(8)13(14(17)18)15-12(7)10/h2-3,5-6,8-9,13,15H,4H2,1H3,(H,17,18)/t8-,9+,13-/m0/s1. The number of carboxylic acids is 1. The Hall–Kier alpha value is -2.37. The molecule has 3 rings (SSSR count). The third-order valence-electron chi connectivity index (χ3n) is 4.23. The van der Waals surface area contributed by atoms with Crippen molar-refractivity contribution in [3.05, 3.63) is 45.5 Å². The van der Waals surface area contributed by atoms with E-state index in [0.717, 1.165) is 5.56 Å². The number of hydrogen-bond donors (Lipinski definition) is 2. The summed E-state index contributed by atoms with van der Waals surface area (Å²) in [5.74, 6) is -0.923. The van der Waals surface area contributed by atoms with E-state index in [2.05, 4.69) is 5.32 Å². The van der Waals surface area contributed by atoms with Crippen LogP contribution in [0.3, 0.4) is 0 Å². The Morgan fingerprint density at radius 3 is 2.90 bits per heavy atom. The monoisotopic (exact) mass is 274 g/mol. The van der Waals surface area contributed by atoms with Crippen LogP contribution >= 0.6 is 0 Å². The predicted molar refractivity (Wildman–Crippen MR) is 72.9 cm³/mol. The highest BCUT2D eigenvalue weighted by atomic mass is 16.6. The van der Waals surface area contributed by atoms with Crippen LogP contribution in [-0.2, 0) is 4.79 Å². The van der Waals surface area contributed by atoms with E-state index in [1.165, 1.54) is 6.07 Å². The van der Waals surface area contributed by atoms with Crippen molar-refractivity contribution in [1.82, 2.24) is 0 Å². The zero-order valence-electron chi connectivity index (χ0n) is 10.9. The summed E-state index contributed by atoms with van der Waals surface area (Å²) in [5.41, 5.74) is 2.06. The maximum Gasteiger partial charge on any atom is 0.326 e. The van der Waals surface area contributed by atoms with Gasteiger partial charge in [0.2, 0.25) is 0 Å². The molecule has 0 bridgehead atoms. The molecule has 0 spiro atoms. The maximum absolute atomic E-state index is 11.4. The molecule has 20 heavy (non-hydrogen) atoms. The Kier molecular flexibility index (Phi) is 2.74. The van der Waals surface area contributed by atoms with Crippen LogP contribution < -0.4 is 5.32 Å². The van der Waals surface area contributed by atoms with E-state index in [1.807, 2.05) is 12.2 Å². The number of nitrogens with zero attached hydrogens (tertiary/aromatic N) is 1. The molecule has 0 radical (unpaired) electrons. The first kappa shape index (κ1) is 12.7. The fourth-order valence-corrected chi connectivity index (χ4v) is 3.25. The number of nitrogens with one attached hydrogen (secondary N) is 1. The minimum absolute atomic E-state index is 0.0146. The molecule has 6 heteroatoms. The predicted octanol–water partition coefficient (Wildman–Crippen LogP) is 2.44. The molecule has 6 nitrogen and oxygen atoms in total. The number of allylic oxidation sites excluding steroid dienone is 2. The summed E-state index contributed by atoms with van der Waals surface area (Å²) >= 11 is 0. The molecule has 0 saturated heterocycles. The number of aliphatic carboxylic acids is 1. The van der Waals surface area contributed by atoms with Crippen LogP contribution in [0.2, 0.25) is 0 Å². The lowest BCUT2D eigenvalue weighted by Crippen LogP contribution is -2.42. The normalized spacial score (nSPS) is 26.6. The molecular formula is C14H14N2O4. The molecule has 2 N–H and O–H groups in total. The van der Waals surface area contributed by atoms with Gasteiger partial charge in [-0.2, -0.15) is 0 Å². The lowest BCUT2D eigenvalue weighted by atomic mass is 9.78. The summed E-state index contributed by atoms with van der Waals surface area (Å²) in [4.78, 5) is 22.0. The van der Waals surface area contributed by atoms with Gasteiger partial charge in [0.05, 0.1) is 10.5 Å². The number of fused-ring (bicyclic) bond motifs is 3. The molecule has 2 aliphatic rings. The van der Waals surface area contributed by atoms with E-state index in [-0.39, 0.29) is 17.5 Å². The largest absolute Gasteiger partial charge is 0.480 e. The highest BCUT2D eigenvalue weighted by Gasteiger charge is 2.42. The van der Waals surface area contributed by atoms with Gasteiger partial charge in [0.1, 0.15) is 6.04 Å². The molecule has 1 aromatic carbocycles. The van der Waals surface area contributed by atoms with Crippen LogP contribution in [0.25, 0.3) is 0 Å². The molecule has 0 unspecified atom stereocenters. The van der Waals surface area contributed by atoms with Gasteiger partial charge < -0.3 is 10.4 Å². The summed E-state index contributed by atoms with van der Waals surface area (Å²) in [5, 5.41) is 23.3. The first-order valence-corrected chi connectivity index (χ1v) is 6.44. The van der Waals surface area contributed by atoms with E-state index >= 15 is 0 Å². The topological polar surface area (TPSA) is 92.5 Å². The van der Waals surface area contributed by atoms with Gasteiger partial charge in [0, 0.05) is 23.6 Å². The van der Waals surface area contributed by atoms with Crippen molar-refractivity contribution in [2.45, 2.75) is 25.3 Å². The first-order valence-electron chi connectivity index (χ1n) is 6.44. The number of anilines is 1. The maximum atomic E-state index is 11.4. The second-order valence-electron chi connectivity index (χ2n) is 5.24. The number of carbonyl (C=O) groups is 1. The van der Waals surface area contributed by atoms with Crippen LogP contribution in [0.4, 0.5) is 11.4 Å². The Morgan fingerprint density at radius 1 is 1.50 bits per heavy atom.